The quantitative estimate of drug-likeness (QED) is 0.667. The average Bonchev–Trinajstić information content (AvgIpc) is 2.48. The smallest absolute Gasteiger partial charge is 0.251 e. The maximum absolute atomic E-state index is 12.0. The summed E-state index contributed by atoms with van der Waals surface area (Å²) in [4.78, 5) is 25.2. The zero-order valence-electron chi connectivity index (χ0n) is 11.3. The molecule has 2 amide bonds. The predicted octanol–water partition coefficient (Wildman–Crippen LogP) is 2.54. The number of hydrogen-bond acceptors (Lipinski definition) is 3. The van der Waals surface area contributed by atoms with Crippen molar-refractivity contribution in [2.75, 3.05) is 11.4 Å². The van der Waals surface area contributed by atoms with Crippen LogP contribution in [0.25, 0.3) is 0 Å². The maximum Gasteiger partial charge on any atom is 0.251 e. The predicted molar refractivity (Wildman–Crippen MR) is 82.2 cm³/mol. The fourth-order valence-corrected chi connectivity index (χ4v) is 1.96. The number of nitrogens with zero attached hydrogens (tertiary/aromatic N) is 2. The Morgan fingerprint density at radius 3 is 2.67 bits per heavy atom. The molecule has 1 rings (SSSR count). The number of benzene rings is 1. The van der Waals surface area contributed by atoms with Gasteiger partial charge in [0.15, 0.2) is 0 Å². The van der Waals surface area contributed by atoms with E-state index in [1.54, 1.807) is 12.1 Å². The fraction of sp³-hybridized carbons (Fsp3) is 0.214. The van der Waals surface area contributed by atoms with Gasteiger partial charge in [0.05, 0.1) is 16.1 Å². The summed E-state index contributed by atoms with van der Waals surface area (Å²) < 4.78 is 0. The molecule has 1 aromatic rings. The van der Waals surface area contributed by atoms with Crippen molar-refractivity contribution < 1.29 is 9.59 Å². The Morgan fingerprint density at radius 2 is 2.14 bits per heavy atom. The highest BCUT2D eigenvalue weighted by Gasteiger charge is 2.26. The number of carbonyl (C=O) groups is 2. The Labute approximate surface area is 132 Å². The van der Waals surface area contributed by atoms with Crippen LogP contribution in [0.15, 0.2) is 30.9 Å². The molecule has 0 spiro atoms. The van der Waals surface area contributed by atoms with Gasteiger partial charge < -0.3 is 5.32 Å². The van der Waals surface area contributed by atoms with E-state index >= 15 is 0 Å². The normalized spacial score (nSPS) is 11.1. The summed E-state index contributed by atoms with van der Waals surface area (Å²) in [6.07, 6.45) is 1.09. The van der Waals surface area contributed by atoms with Crippen molar-refractivity contribution in [2.24, 2.45) is 0 Å². The van der Waals surface area contributed by atoms with Gasteiger partial charge in [0, 0.05) is 5.69 Å². The maximum atomic E-state index is 12.0. The molecule has 7 heteroatoms. The van der Waals surface area contributed by atoms with Gasteiger partial charge in [0.2, 0.25) is 5.91 Å². The lowest BCUT2D eigenvalue weighted by atomic mass is 10.2. The van der Waals surface area contributed by atoms with E-state index in [0.717, 1.165) is 6.08 Å². The molecule has 0 radical (unpaired) electrons. The van der Waals surface area contributed by atoms with E-state index in [1.807, 2.05) is 0 Å². The number of rotatable bonds is 5. The molecule has 1 unspecified atom stereocenters. The number of anilines is 1. The number of hydrogen-bond donors (Lipinski definition) is 1. The summed E-state index contributed by atoms with van der Waals surface area (Å²) in [6.45, 7) is 4.82. The molecule has 1 aromatic carbocycles. The minimum Gasteiger partial charge on any atom is -0.341 e. The van der Waals surface area contributed by atoms with Gasteiger partial charge in [-0.3, -0.25) is 14.5 Å². The third-order valence-corrected chi connectivity index (χ3v) is 3.44. The fourth-order valence-electron chi connectivity index (χ4n) is 1.67. The van der Waals surface area contributed by atoms with Crippen molar-refractivity contribution >= 4 is 40.7 Å². The van der Waals surface area contributed by atoms with Gasteiger partial charge >= 0.3 is 0 Å². The Balaban J connectivity index is 3.14. The summed E-state index contributed by atoms with van der Waals surface area (Å²) in [7, 11) is 0. The minimum atomic E-state index is -0.832. The van der Waals surface area contributed by atoms with Crippen molar-refractivity contribution in [2.45, 2.75) is 13.0 Å². The van der Waals surface area contributed by atoms with E-state index in [4.69, 9.17) is 28.5 Å². The molecule has 0 aliphatic rings. The van der Waals surface area contributed by atoms with Crippen LogP contribution in [0.4, 0.5) is 5.69 Å². The van der Waals surface area contributed by atoms with Gasteiger partial charge in [-0.25, -0.2) is 0 Å². The van der Waals surface area contributed by atoms with Gasteiger partial charge in [-0.1, -0.05) is 29.8 Å². The number of amides is 2. The van der Waals surface area contributed by atoms with E-state index < -0.39 is 17.9 Å². The molecule has 0 saturated carbocycles. The standard InChI is InChI=1S/C14H13Cl2N3O2/c1-3-13(20)19(9(2)14(21)18-7-6-17)10-4-5-11(15)12(16)8-10/h3-5,8-9H,1,7H2,2H3,(H,18,21). The van der Waals surface area contributed by atoms with E-state index in [0.29, 0.717) is 10.7 Å². The van der Waals surface area contributed by atoms with Crippen molar-refractivity contribution in [3.8, 4) is 6.07 Å². The van der Waals surface area contributed by atoms with Crippen LogP contribution in [0.5, 0.6) is 0 Å². The molecule has 5 nitrogen and oxygen atoms in total. The zero-order valence-corrected chi connectivity index (χ0v) is 12.8. The summed E-state index contributed by atoms with van der Waals surface area (Å²) in [5, 5.41) is 11.5. The van der Waals surface area contributed by atoms with Crippen LogP contribution in [-0.2, 0) is 9.59 Å². The van der Waals surface area contributed by atoms with Gasteiger partial charge in [0.1, 0.15) is 12.6 Å². The van der Waals surface area contributed by atoms with Crippen molar-refractivity contribution in [1.29, 1.82) is 5.26 Å². The molecule has 0 heterocycles. The molecule has 0 aliphatic carbocycles. The number of carbonyl (C=O) groups excluding carboxylic acids is 2. The summed E-state index contributed by atoms with van der Waals surface area (Å²) in [5.74, 6) is -0.925. The summed E-state index contributed by atoms with van der Waals surface area (Å²) in [6, 6.07) is 5.55. The van der Waals surface area contributed by atoms with Crippen LogP contribution in [0.3, 0.4) is 0 Å². The van der Waals surface area contributed by atoms with Crippen LogP contribution in [-0.4, -0.2) is 24.4 Å². The van der Waals surface area contributed by atoms with Gasteiger partial charge in [-0.05, 0) is 31.2 Å². The summed E-state index contributed by atoms with van der Waals surface area (Å²) in [5.41, 5.74) is 0.411. The van der Waals surface area contributed by atoms with E-state index in [9.17, 15) is 9.59 Å². The summed E-state index contributed by atoms with van der Waals surface area (Å²) >= 11 is 11.8. The van der Waals surface area contributed by atoms with Crippen molar-refractivity contribution in [3.05, 3.63) is 40.9 Å². The van der Waals surface area contributed by atoms with Crippen LogP contribution in [0, 0.1) is 11.3 Å². The Morgan fingerprint density at radius 1 is 1.48 bits per heavy atom. The van der Waals surface area contributed by atoms with E-state index in [2.05, 4.69) is 11.9 Å². The lowest BCUT2D eigenvalue weighted by Gasteiger charge is -2.27. The number of nitriles is 1. The molecule has 0 aromatic heterocycles. The highest BCUT2D eigenvalue weighted by molar-refractivity contribution is 6.42. The first kappa shape index (κ1) is 17.0. The lowest BCUT2D eigenvalue weighted by molar-refractivity contribution is -0.124. The van der Waals surface area contributed by atoms with Crippen LogP contribution in [0.1, 0.15) is 6.92 Å². The third kappa shape index (κ3) is 4.22. The first-order valence-corrected chi connectivity index (χ1v) is 6.73. The molecule has 21 heavy (non-hydrogen) atoms. The second kappa shape index (κ2) is 7.67. The minimum absolute atomic E-state index is 0.138. The molecule has 0 saturated heterocycles. The van der Waals surface area contributed by atoms with Gasteiger partial charge in [-0.2, -0.15) is 5.26 Å². The SMILES string of the molecule is C=CC(=O)N(c1ccc(Cl)c(Cl)c1)C(C)C(=O)NCC#N. The lowest BCUT2D eigenvalue weighted by Crippen LogP contribution is -2.47. The Bertz CT molecular complexity index is 611. The van der Waals surface area contributed by atoms with Crippen LogP contribution in [0.2, 0.25) is 10.0 Å². The molecule has 1 N–H and O–H groups in total. The first-order valence-electron chi connectivity index (χ1n) is 5.97. The highest BCUT2D eigenvalue weighted by atomic mass is 35.5. The van der Waals surface area contributed by atoms with Crippen molar-refractivity contribution in [3.63, 3.8) is 0 Å². The molecular formula is C14H13Cl2N3O2. The van der Waals surface area contributed by atoms with Crippen molar-refractivity contribution in [1.82, 2.24) is 5.32 Å². The van der Waals surface area contributed by atoms with Crippen LogP contribution < -0.4 is 10.2 Å². The largest absolute Gasteiger partial charge is 0.341 e. The molecular weight excluding hydrogens is 313 g/mol. The molecule has 0 fully saturated rings. The topological polar surface area (TPSA) is 73.2 Å². The van der Waals surface area contributed by atoms with Gasteiger partial charge in [-0.15, -0.1) is 0 Å². The highest BCUT2D eigenvalue weighted by Crippen LogP contribution is 2.28. The van der Waals surface area contributed by atoms with E-state index in [-0.39, 0.29) is 11.6 Å². The van der Waals surface area contributed by atoms with E-state index in [1.165, 1.54) is 24.0 Å². The Hall–Kier alpha value is -2.03. The van der Waals surface area contributed by atoms with Gasteiger partial charge in [0.25, 0.3) is 5.91 Å². The molecule has 110 valence electrons. The molecule has 0 bridgehead atoms. The third-order valence-electron chi connectivity index (χ3n) is 2.70. The second-order valence-electron chi connectivity index (χ2n) is 4.06. The first-order chi connectivity index (χ1) is 9.92. The average molecular weight is 326 g/mol. The monoisotopic (exact) mass is 325 g/mol. The molecule has 0 aliphatic heterocycles. The Kier molecular flexibility index (Phi) is 6.22. The van der Waals surface area contributed by atoms with Crippen LogP contribution >= 0.6 is 23.2 Å². The second-order valence-corrected chi connectivity index (χ2v) is 4.88. The number of halogens is 2. The molecule has 1 atom stereocenters. The number of nitrogens with one attached hydrogen (secondary N) is 1. The zero-order chi connectivity index (χ0) is 16.0.